The van der Waals surface area contributed by atoms with Crippen molar-refractivity contribution >= 4 is 37.6 Å². The zero-order valence-corrected chi connectivity index (χ0v) is 17.5. The lowest BCUT2D eigenvalue weighted by molar-refractivity contribution is -0.138. The first-order valence-electron chi connectivity index (χ1n) is 7.80. The van der Waals surface area contributed by atoms with E-state index in [1.807, 2.05) is 13.8 Å². The van der Waals surface area contributed by atoms with Gasteiger partial charge in [-0.1, -0.05) is 13.8 Å². The van der Waals surface area contributed by atoms with Gasteiger partial charge in [0.2, 0.25) is 0 Å². The zero-order chi connectivity index (χ0) is 20.5. The van der Waals surface area contributed by atoms with E-state index in [0.29, 0.717) is 5.56 Å². The van der Waals surface area contributed by atoms with Crippen LogP contribution < -0.4 is 10.5 Å². The maximum atomic E-state index is 13.6. The van der Waals surface area contributed by atoms with Crippen molar-refractivity contribution in [2.24, 2.45) is 5.73 Å². The number of aromatic hydroxyl groups is 1. The third kappa shape index (κ3) is 4.64. The first-order valence-corrected chi connectivity index (χ1v) is 9.39. The number of hydrogen-bond acceptors (Lipinski definition) is 4. The largest absolute Gasteiger partial charge is 0.508 e. The van der Waals surface area contributed by atoms with Crippen LogP contribution in [-0.2, 0) is 6.18 Å². The molecule has 2 aromatic carbocycles. The van der Waals surface area contributed by atoms with Crippen molar-refractivity contribution in [1.82, 2.24) is 0 Å². The Bertz CT molecular complexity index is 883. The number of hydrogen-bond donors (Lipinski definition) is 2. The standard InChI is InChI=1S/C18H16Br2F3NO3/c1-8(2)10-5-9(3-4-13(10)25)27-17-12(19)6-11(14(26)7-24)15(16(17)20)18(21,22)23/h3-6,8,25H,7,24H2,1-2H3. The summed E-state index contributed by atoms with van der Waals surface area (Å²) >= 11 is 6.07. The van der Waals surface area contributed by atoms with E-state index in [-0.39, 0.29) is 27.6 Å². The summed E-state index contributed by atoms with van der Waals surface area (Å²) in [4.78, 5) is 11.9. The first-order chi connectivity index (χ1) is 12.5. The lowest BCUT2D eigenvalue weighted by Crippen LogP contribution is -2.20. The molecule has 0 aliphatic heterocycles. The van der Waals surface area contributed by atoms with Crippen LogP contribution >= 0.6 is 31.9 Å². The molecule has 0 unspecified atom stereocenters. The minimum absolute atomic E-state index is 0.0179. The van der Waals surface area contributed by atoms with Crippen LogP contribution in [0.4, 0.5) is 13.2 Å². The molecule has 0 aromatic heterocycles. The van der Waals surface area contributed by atoms with Crippen LogP contribution in [0.25, 0.3) is 0 Å². The molecule has 0 aliphatic carbocycles. The Hall–Kier alpha value is -1.58. The number of halogens is 5. The normalized spacial score (nSPS) is 11.7. The number of carbonyl (C=O) groups excluding carboxylic acids is 1. The summed E-state index contributed by atoms with van der Waals surface area (Å²) in [6.45, 7) is 3.16. The predicted octanol–water partition coefficient (Wildman–Crippen LogP) is 5.99. The average molecular weight is 511 g/mol. The van der Waals surface area contributed by atoms with E-state index in [9.17, 15) is 23.1 Å². The van der Waals surface area contributed by atoms with Crippen molar-refractivity contribution in [3.8, 4) is 17.2 Å². The fraction of sp³-hybridized carbons (Fsp3) is 0.278. The molecule has 146 valence electrons. The van der Waals surface area contributed by atoms with Crippen molar-refractivity contribution in [1.29, 1.82) is 0 Å². The van der Waals surface area contributed by atoms with Crippen molar-refractivity contribution in [3.05, 3.63) is 49.9 Å². The third-order valence-corrected chi connectivity index (χ3v) is 5.13. The highest BCUT2D eigenvalue weighted by atomic mass is 79.9. The van der Waals surface area contributed by atoms with Crippen LogP contribution in [0.15, 0.2) is 33.2 Å². The van der Waals surface area contributed by atoms with Crippen molar-refractivity contribution in [2.75, 3.05) is 6.54 Å². The van der Waals surface area contributed by atoms with Gasteiger partial charge in [-0.3, -0.25) is 4.79 Å². The summed E-state index contributed by atoms with van der Waals surface area (Å²) in [5.41, 5.74) is 4.12. The average Bonchev–Trinajstić information content (AvgIpc) is 2.57. The molecular formula is C18H16Br2F3NO3. The summed E-state index contributed by atoms with van der Waals surface area (Å²) in [5, 5.41) is 9.88. The van der Waals surface area contributed by atoms with Crippen molar-refractivity contribution in [2.45, 2.75) is 25.9 Å². The zero-order valence-electron chi connectivity index (χ0n) is 14.3. The Morgan fingerprint density at radius 2 is 1.89 bits per heavy atom. The second kappa shape index (κ2) is 8.20. The van der Waals surface area contributed by atoms with Crippen LogP contribution in [0.5, 0.6) is 17.2 Å². The molecule has 0 heterocycles. The van der Waals surface area contributed by atoms with Gasteiger partial charge in [0.05, 0.1) is 21.1 Å². The Morgan fingerprint density at radius 1 is 1.26 bits per heavy atom. The number of benzene rings is 2. The number of rotatable bonds is 5. The molecule has 0 spiro atoms. The number of phenolic OH excluding ortho intramolecular Hbond substituents is 1. The van der Waals surface area contributed by atoms with Gasteiger partial charge >= 0.3 is 6.18 Å². The maximum Gasteiger partial charge on any atom is 0.418 e. The van der Waals surface area contributed by atoms with E-state index >= 15 is 0 Å². The van der Waals surface area contributed by atoms with Gasteiger partial charge in [0.15, 0.2) is 11.5 Å². The Balaban J connectivity index is 2.62. The Morgan fingerprint density at radius 3 is 2.41 bits per heavy atom. The molecule has 2 rings (SSSR count). The highest BCUT2D eigenvalue weighted by Crippen LogP contribution is 2.47. The summed E-state index contributed by atoms with van der Waals surface area (Å²) in [5.74, 6) is -0.701. The monoisotopic (exact) mass is 509 g/mol. The number of Topliss-reactive ketones (excluding diaryl/α,β-unsaturated/α-hetero) is 1. The minimum atomic E-state index is -4.80. The number of ketones is 1. The van der Waals surface area contributed by atoms with E-state index in [1.165, 1.54) is 12.1 Å². The van der Waals surface area contributed by atoms with Gasteiger partial charge in [0.1, 0.15) is 11.5 Å². The highest BCUT2D eigenvalue weighted by Gasteiger charge is 2.39. The lowest BCUT2D eigenvalue weighted by Gasteiger charge is -2.19. The van der Waals surface area contributed by atoms with E-state index in [4.69, 9.17) is 10.5 Å². The second-order valence-electron chi connectivity index (χ2n) is 6.03. The molecule has 0 bridgehead atoms. The maximum absolute atomic E-state index is 13.6. The molecule has 0 saturated carbocycles. The lowest BCUT2D eigenvalue weighted by atomic mass is 10.0. The number of alkyl halides is 3. The number of ether oxygens (including phenoxy) is 1. The molecule has 0 atom stereocenters. The predicted molar refractivity (Wildman–Crippen MR) is 102 cm³/mol. The SMILES string of the molecule is CC(C)c1cc(Oc2c(Br)cc(C(=O)CN)c(C(F)(F)F)c2Br)ccc1O. The highest BCUT2D eigenvalue weighted by molar-refractivity contribution is 9.11. The Kier molecular flexibility index (Phi) is 6.59. The smallest absolute Gasteiger partial charge is 0.418 e. The molecule has 0 aliphatic rings. The first kappa shape index (κ1) is 21.7. The van der Waals surface area contributed by atoms with E-state index < -0.39 is 34.1 Å². The summed E-state index contributed by atoms with van der Waals surface area (Å²) < 4.78 is 46.0. The molecular weight excluding hydrogens is 495 g/mol. The van der Waals surface area contributed by atoms with Crippen LogP contribution in [-0.4, -0.2) is 17.4 Å². The third-order valence-electron chi connectivity index (χ3n) is 3.79. The quantitative estimate of drug-likeness (QED) is 0.484. The molecule has 0 amide bonds. The molecule has 0 saturated heterocycles. The Labute approximate surface area is 170 Å². The van der Waals surface area contributed by atoms with Crippen LogP contribution in [0.1, 0.15) is 41.3 Å². The van der Waals surface area contributed by atoms with E-state index in [0.717, 1.165) is 6.07 Å². The topological polar surface area (TPSA) is 72.5 Å². The van der Waals surface area contributed by atoms with Gasteiger partial charge < -0.3 is 15.6 Å². The summed E-state index contributed by atoms with van der Waals surface area (Å²) in [7, 11) is 0. The number of nitrogens with two attached hydrogens (primary N) is 1. The fourth-order valence-corrected chi connectivity index (χ4v) is 3.99. The van der Waals surface area contributed by atoms with Gasteiger partial charge in [0.25, 0.3) is 0 Å². The van der Waals surface area contributed by atoms with Gasteiger partial charge in [-0.25, -0.2) is 0 Å². The molecule has 9 heteroatoms. The van der Waals surface area contributed by atoms with Crippen LogP contribution in [0, 0.1) is 0 Å². The van der Waals surface area contributed by atoms with E-state index in [1.54, 1.807) is 6.07 Å². The molecule has 27 heavy (non-hydrogen) atoms. The van der Waals surface area contributed by atoms with Crippen molar-refractivity contribution in [3.63, 3.8) is 0 Å². The molecule has 3 N–H and O–H groups in total. The number of phenols is 1. The minimum Gasteiger partial charge on any atom is -0.508 e. The molecule has 4 nitrogen and oxygen atoms in total. The fourth-order valence-electron chi connectivity index (χ4n) is 2.48. The summed E-state index contributed by atoms with van der Waals surface area (Å²) in [6.07, 6.45) is -4.80. The van der Waals surface area contributed by atoms with Gasteiger partial charge in [-0.15, -0.1) is 0 Å². The molecule has 0 fully saturated rings. The molecule has 0 radical (unpaired) electrons. The molecule has 2 aromatic rings. The van der Waals surface area contributed by atoms with Gasteiger partial charge in [-0.2, -0.15) is 13.2 Å². The van der Waals surface area contributed by atoms with Crippen LogP contribution in [0.2, 0.25) is 0 Å². The van der Waals surface area contributed by atoms with Gasteiger partial charge in [-0.05, 0) is 62.0 Å². The van der Waals surface area contributed by atoms with Crippen LogP contribution in [0.3, 0.4) is 0 Å². The summed E-state index contributed by atoms with van der Waals surface area (Å²) in [6, 6.07) is 5.43. The second-order valence-corrected chi connectivity index (χ2v) is 7.67. The number of carbonyl (C=O) groups is 1. The van der Waals surface area contributed by atoms with Gasteiger partial charge in [0, 0.05) is 11.1 Å². The van der Waals surface area contributed by atoms with Crippen molar-refractivity contribution < 1.29 is 27.8 Å². The van der Waals surface area contributed by atoms with E-state index in [2.05, 4.69) is 31.9 Å².